The first-order valence-corrected chi connectivity index (χ1v) is 7.73. The third kappa shape index (κ3) is 3.60. The molecule has 0 unspecified atom stereocenters. The van der Waals surface area contributed by atoms with Crippen LogP contribution in [0.4, 0.5) is 17.5 Å². The molecule has 2 N–H and O–H groups in total. The molecule has 0 spiro atoms. The van der Waals surface area contributed by atoms with Crippen LogP contribution < -0.4 is 10.2 Å². The molecule has 2 aromatic rings. The minimum Gasteiger partial charge on any atom is -0.481 e. The molecule has 1 saturated heterocycles. The molecular formula is C17H17N5O2. The summed E-state index contributed by atoms with van der Waals surface area (Å²) in [5, 5.41) is 21.0. The topological polar surface area (TPSA) is 102 Å². The Balaban J connectivity index is 1.68. The van der Waals surface area contributed by atoms with Gasteiger partial charge in [-0.2, -0.15) is 10.2 Å². The zero-order valence-electron chi connectivity index (χ0n) is 13.0. The Kier molecular flexibility index (Phi) is 4.57. The lowest BCUT2D eigenvalue weighted by Crippen LogP contribution is -2.36. The van der Waals surface area contributed by atoms with Crippen molar-refractivity contribution in [3.05, 3.63) is 42.1 Å². The van der Waals surface area contributed by atoms with Crippen LogP contribution in [0.15, 0.2) is 36.5 Å². The normalized spacial score (nSPS) is 14.9. The van der Waals surface area contributed by atoms with Crippen LogP contribution in [0.5, 0.6) is 0 Å². The summed E-state index contributed by atoms with van der Waals surface area (Å²) in [4.78, 5) is 21.8. The van der Waals surface area contributed by atoms with Crippen LogP contribution >= 0.6 is 0 Å². The largest absolute Gasteiger partial charge is 0.481 e. The summed E-state index contributed by atoms with van der Waals surface area (Å²) in [7, 11) is 0. The number of rotatable bonds is 4. The highest BCUT2D eigenvalue weighted by Crippen LogP contribution is 2.23. The molecule has 7 heteroatoms. The zero-order chi connectivity index (χ0) is 16.9. The summed E-state index contributed by atoms with van der Waals surface area (Å²) < 4.78 is 0. The Hall–Kier alpha value is -3.14. The molecule has 24 heavy (non-hydrogen) atoms. The number of benzene rings is 1. The maximum absolute atomic E-state index is 11.0. The van der Waals surface area contributed by atoms with Gasteiger partial charge in [0, 0.05) is 25.0 Å². The summed E-state index contributed by atoms with van der Waals surface area (Å²) in [6.45, 7) is 1.34. The van der Waals surface area contributed by atoms with Crippen molar-refractivity contribution >= 4 is 23.4 Å². The van der Waals surface area contributed by atoms with Gasteiger partial charge in [-0.3, -0.25) is 4.79 Å². The molecule has 0 amide bonds. The highest BCUT2D eigenvalue weighted by molar-refractivity contribution is 5.70. The van der Waals surface area contributed by atoms with Crippen LogP contribution in [-0.2, 0) is 4.79 Å². The van der Waals surface area contributed by atoms with Gasteiger partial charge in [-0.25, -0.2) is 4.98 Å². The molecule has 7 nitrogen and oxygen atoms in total. The average Bonchev–Trinajstić information content (AvgIpc) is 2.63. The van der Waals surface area contributed by atoms with E-state index in [1.165, 1.54) is 0 Å². The highest BCUT2D eigenvalue weighted by Gasteiger charge is 2.25. The monoisotopic (exact) mass is 323 g/mol. The number of hydrogen-bond acceptors (Lipinski definition) is 6. The van der Waals surface area contributed by atoms with E-state index in [4.69, 9.17) is 10.4 Å². The molecule has 1 fully saturated rings. The van der Waals surface area contributed by atoms with E-state index >= 15 is 0 Å². The number of piperidine rings is 1. The Morgan fingerprint density at radius 1 is 1.25 bits per heavy atom. The molecular weight excluding hydrogens is 306 g/mol. The van der Waals surface area contributed by atoms with Gasteiger partial charge in [0.2, 0.25) is 5.95 Å². The predicted octanol–water partition coefficient (Wildman–Crippen LogP) is 2.39. The maximum atomic E-state index is 11.0. The number of nitriles is 1. The van der Waals surface area contributed by atoms with E-state index in [-0.39, 0.29) is 5.92 Å². The Bertz CT molecular complexity index is 761. The molecule has 0 radical (unpaired) electrons. The molecule has 1 aliphatic rings. The number of carboxylic acid groups (broad SMARTS) is 1. The molecule has 1 aliphatic heterocycles. The number of carboxylic acids is 1. The number of aliphatic carboxylic acids is 1. The first-order valence-electron chi connectivity index (χ1n) is 7.73. The highest BCUT2D eigenvalue weighted by atomic mass is 16.4. The third-order valence-electron chi connectivity index (χ3n) is 4.08. The van der Waals surface area contributed by atoms with E-state index in [2.05, 4.69) is 26.3 Å². The van der Waals surface area contributed by atoms with Gasteiger partial charge in [0.15, 0.2) is 0 Å². The number of anilines is 3. The molecule has 1 aromatic heterocycles. The van der Waals surface area contributed by atoms with Gasteiger partial charge in [0.05, 0.1) is 17.6 Å². The van der Waals surface area contributed by atoms with Crippen LogP contribution in [0.2, 0.25) is 0 Å². The van der Waals surface area contributed by atoms with Gasteiger partial charge < -0.3 is 15.3 Å². The van der Waals surface area contributed by atoms with Gasteiger partial charge in [-0.15, -0.1) is 0 Å². The van der Waals surface area contributed by atoms with Crippen molar-refractivity contribution < 1.29 is 9.90 Å². The van der Waals surface area contributed by atoms with Crippen molar-refractivity contribution in [1.82, 2.24) is 9.97 Å². The second-order valence-electron chi connectivity index (χ2n) is 5.65. The number of nitrogens with zero attached hydrogens (tertiary/aromatic N) is 4. The van der Waals surface area contributed by atoms with Gasteiger partial charge >= 0.3 is 5.97 Å². The van der Waals surface area contributed by atoms with Gasteiger partial charge in [-0.1, -0.05) is 0 Å². The van der Waals surface area contributed by atoms with Crippen molar-refractivity contribution in [3.8, 4) is 6.07 Å². The molecule has 0 atom stereocenters. The van der Waals surface area contributed by atoms with Crippen LogP contribution in [0.1, 0.15) is 18.4 Å². The van der Waals surface area contributed by atoms with Crippen molar-refractivity contribution in [2.24, 2.45) is 5.92 Å². The summed E-state index contributed by atoms with van der Waals surface area (Å²) >= 11 is 0. The summed E-state index contributed by atoms with van der Waals surface area (Å²) in [5.74, 6) is 0.266. The van der Waals surface area contributed by atoms with Crippen LogP contribution in [0, 0.1) is 17.2 Å². The first-order chi connectivity index (χ1) is 11.7. The molecule has 2 heterocycles. The van der Waals surface area contributed by atoms with E-state index in [1.54, 1.807) is 30.5 Å². The predicted molar refractivity (Wildman–Crippen MR) is 89.0 cm³/mol. The summed E-state index contributed by atoms with van der Waals surface area (Å²) in [5.41, 5.74) is 1.40. The number of nitrogens with one attached hydrogen (secondary N) is 1. The molecule has 0 aliphatic carbocycles. The van der Waals surface area contributed by atoms with Gasteiger partial charge in [-0.05, 0) is 43.2 Å². The number of carbonyl (C=O) groups is 1. The smallest absolute Gasteiger partial charge is 0.306 e. The standard InChI is InChI=1S/C17H17N5O2/c18-11-12-1-3-14(4-2-12)20-17-19-8-5-15(21-17)22-9-6-13(7-10-22)16(23)24/h1-5,8,13H,6-7,9-10H2,(H,23,24)(H,19,20,21). The van der Waals surface area contributed by atoms with Crippen molar-refractivity contribution in [3.63, 3.8) is 0 Å². The van der Waals surface area contributed by atoms with E-state index in [1.807, 2.05) is 6.07 Å². The lowest BCUT2D eigenvalue weighted by Gasteiger charge is -2.31. The lowest BCUT2D eigenvalue weighted by molar-refractivity contribution is -0.142. The van der Waals surface area contributed by atoms with Crippen molar-refractivity contribution in [1.29, 1.82) is 5.26 Å². The van der Waals surface area contributed by atoms with Crippen molar-refractivity contribution in [2.45, 2.75) is 12.8 Å². The zero-order valence-corrected chi connectivity index (χ0v) is 13.0. The van der Waals surface area contributed by atoms with Gasteiger partial charge in [0.1, 0.15) is 5.82 Å². The second-order valence-corrected chi connectivity index (χ2v) is 5.65. The quantitative estimate of drug-likeness (QED) is 0.890. The minimum atomic E-state index is -0.722. The summed E-state index contributed by atoms with van der Waals surface area (Å²) in [6, 6.07) is 10.9. The Labute approximate surface area is 139 Å². The fraction of sp³-hybridized carbons (Fsp3) is 0.294. The van der Waals surface area contributed by atoms with Crippen LogP contribution in [-0.4, -0.2) is 34.1 Å². The van der Waals surface area contributed by atoms with E-state index < -0.39 is 5.97 Å². The van der Waals surface area contributed by atoms with Crippen molar-refractivity contribution in [2.75, 3.05) is 23.3 Å². The minimum absolute atomic E-state index is 0.265. The Morgan fingerprint density at radius 3 is 2.58 bits per heavy atom. The number of hydrogen-bond donors (Lipinski definition) is 2. The van der Waals surface area contributed by atoms with E-state index in [0.29, 0.717) is 37.4 Å². The summed E-state index contributed by atoms with van der Waals surface area (Å²) in [6.07, 6.45) is 2.92. The van der Waals surface area contributed by atoms with Crippen LogP contribution in [0.3, 0.4) is 0 Å². The molecule has 122 valence electrons. The maximum Gasteiger partial charge on any atom is 0.306 e. The van der Waals surface area contributed by atoms with E-state index in [0.717, 1.165) is 11.5 Å². The van der Waals surface area contributed by atoms with E-state index in [9.17, 15) is 4.79 Å². The number of aromatic nitrogens is 2. The van der Waals surface area contributed by atoms with Crippen LogP contribution in [0.25, 0.3) is 0 Å². The molecule has 0 bridgehead atoms. The Morgan fingerprint density at radius 2 is 1.96 bits per heavy atom. The fourth-order valence-corrected chi connectivity index (χ4v) is 2.70. The SMILES string of the molecule is N#Cc1ccc(Nc2nccc(N3CCC(C(=O)O)CC3)n2)cc1. The second kappa shape index (κ2) is 6.96. The molecule has 0 saturated carbocycles. The molecule has 1 aromatic carbocycles. The first kappa shape index (κ1) is 15.7. The third-order valence-corrected chi connectivity index (χ3v) is 4.08. The lowest BCUT2D eigenvalue weighted by atomic mass is 9.97. The molecule has 3 rings (SSSR count). The average molecular weight is 323 g/mol. The fourth-order valence-electron chi connectivity index (χ4n) is 2.70. The van der Waals surface area contributed by atoms with Gasteiger partial charge in [0.25, 0.3) is 0 Å².